The molecule has 1 unspecified atom stereocenters. The van der Waals surface area contributed by atoms with E-state index in [1.54, 1.807) is 42.5 Å². The first kappa shape index (κ1) is 19.1. The van der Waals surface area contributed by atoms with Gasteiger partial charge in [0, 0.05) is 17.2 Å². The highest BCUT2D eigenvalue weighted by molar-refractivity contribution is 6.12. The summed E-state index contributed by atoms with van der Waals surface area (Å²) in [5.74, 6) is 1.46. The van der Waals surface area contributed by atoms with Crippen molar-refractivity contribution in [3.8, 4) is 17.2 Å². The highest BCUT2D eigenvalue weighted by Crippen LogP contribution is 2.36. The average Bonchev–Trinajstić information content (AvgIpc) is 3.08. The number of carbonyl (C=O) groups is 1. The van der Waals surface area contributed by atoms with Crippen molar-refractivity contribution in [2.45, 2.75) is 19.6 Å². The van der Waals surface area contributed by atoms with Crippen molar-refractivity contribution in [2.75, 3.05) is 0 Å². The van der Waals surface area contributed by atoms with Crippen molar-refractivity contribution < 1.29 is 23.4 Å². The number of hydrogen-bond donors (Lipinski definition) is 0. The van der Waals surface area contributed by atoms with Crippen molar-refractivity contribution in [3.63, 3.8) is 0 Å². The minimum atomic E-state index is -0.320. The zero-order valence-corrected chi connectivity index (χ0v) is 16.8. The van der Waals surface area contributed by atoms with Crippen LogP contribution in [0.2, 0.25) is 0 Å². The van der Waals surface area contributed by atoms with Gasteiger partial charge in [0.15, 0.2) is 5.76 Å². The molecule has 5 rings (SSSR count). The topological polar surface area (TPSA) is 44.8 Å². The Bertz CT molecular complexity index is 1240. The molecule has 3 aromatic rings. The summed E-state index contributed by atoms with van der Waals surface area (Å²) in [4.78, 5) is 12.8. The maximum absolute atomic E-state index is 13.8. The smallest absolute Gasteiger partial charge is 0.231 e. The maximum atomic E-state index is 13.8. The number of ether oxygens (including phenoxy) is 3. The van der Waals surface area contributed by atoms with Crippen LogP contribution in [-0.4, -0.2) is 11.9 Å². The van der Waals surface area contributed by atoms with Gasteiger partial charge in [-0.25, -0.2) is 4.39 Å². The molecule has 0 spiro atoms. The number of para-hydroxylation sites is 1. The summed E-state index contributed by atoms with van der Waals surface area (Å²) in [6, 6.07) is 19.2. The summed E-state index contributed by atoms with van der Waals surface area (Å²) in [5.41, 5.74) is 2.74. The molecule has 154 valence electrons. The fraction of sp³-hybridized carbons (Fsp3) is 0.115. The Labute approximate surface area is 179 Å². The van der Waals surface area contributed by atoms with E-state index >= 15 is 0 Å². The lowest BCUT2D eigenvalue weighted by atomic mass is 10.0. The third kappa shape index (κ3) is 3.70. The molecule has 3 aromatic carbocycles. The molecule has 4 nitrogen and oxygen atoms in total. The number of benzene rings is 3. The lowest BCUT2D eigenvalue weighted by Gasteiger charge is -2.22. The molecule has 5 heteroatoms. The molecule has 0 bridgehead atoms. The molecule has 0 N–H and O–H groups in total. The second kappa shape index (κ2) is 7.76. The molecular weight excluding hydrogens is 395 g/mol. The summed E-state index contributed by atoms with van der Waals surface area (Å²) in [5, 5.41) is 0. The average molecular weight is 414 g/mol. The summed E-state index contributed by atoms with van der Waals surface area (Å²) in [7, 11) is 0. The molecule has 31 heavy (non-hydrogen) atoms. The van der Waals surface area contributed by atoms with E-state index < -0.39 is 0 Å². The predicted molar refractivity (Wildman–Crippen MR) is 115 cm³/mol. The molecule has 0 saturated carbocycles. The Kier molecular flexibility index (Phi) is 4.79. The molecule has 0 aromatic heterocycles. The quantitative estimate of drug-likeness (QED) is 0.512. The standard InChI is InChI=1S/C26H19FO4/c1-16-19(12-17-6-3-5-9-23(17)30-16)13-25-26(28)21-11-10-20(14-24(21)31-25)29-15-18-7-2-4-8-22(18)27/h2-14,16H,15H2,1H3/b25-13-. The molecule has 0 saturated heterocycles. The molecule has 1 atom stereocenters. The van der Waals surface area contributed by atoms with Crippen molar-refractivity contribution in [3.05, 3.63) is 107 Å². The minimum Gasteiger partial charge on any atom is -0.489 e. The van der Waals surface area contributed by atoms with Gasteiger partial charge in [0.25, 0.3) is 0 Å². The first-order valence-corrected chi connectivity index (χ1v) is 10.0. The summed E-state index contributed by atoms with van der Waals surface area (Å²) in [6.45, 7) is 2.02. The van der Waals surface area contributed by atoms with Gasteiger partial charge >= 0.3 is 0 Å². The van der Waals surface area contributed by atoms with Crippen LogP contribution in [-0.2, 0) is 6.61 Å². The van der Waals surface area contributed by atoms with E-state index in [2.05, 4.69) is 0 Å². The Hall–Kier alpha value is -3.86. The van der Waals surface area contributed by atoms with Gasteiger partial charge in [-0.05, 0) is 48.9 Å². The lowest BCUT2D eigenvalue weighted by Crippen LogP contribution is -2.18. The molecule has 2 aliphatic rings. The Balaban J connectivity index is 1.36. The lowest BCUT2D eigenvalue weighted by molar-refractivity contribution is 0.101. The molecule has 0 aliphatic carbocycles. The third-order valence-corrected chi connectivity index (χ3v) is 5.31. The van der Waals surface area contributed by atoms with Gasteiger partial charge in [-0.3, -0.25) is 4.79 Å². The minimum absolute atomic E-state index is 0.0866. The number of ketones is 1. The van der Waals surface area contributed by atoms with Gasteiger partial charge in [-0.15, -0.1) is 0 Å². The van der Waals surface area contributed by atoms with Gasteiger partial charge in [0.2, 0.25) is 5.78 Å². The fourth-order valence-electron chi connectivity index (χ4n) is 3.61. The van der Waals surface area contributed by atoms with Crippen LogP contribution in [0.15, 0.2) is 84.1 Å². The monoisotopic (exact) mass is 414 g/mol. The number of halogens is 1. The van der Waals surface area contributed by atoms with Crippen molar-refractivity contribution in [1.82, 2.24) is 0 Å². The third-order valence-electron chi connectivity index (χ3n) is 5.31. The Morgan fingerprint density at radius 2 is 1.84 bits per heavy atom. The van der Waals surface area contributed by atoms with Crippen LogP contribution >= 0.6 is 0 Å². The molecule has 0 fully saturated rings. The van der Waals surface area contributed by atoms with E-state index in [4.69, 9.17) is 14.2 Å². The van der Waals surface area contributed by atoms with Gasteiger partial charge in [0.1, 0.15) is 35.8 Å². The summed E-state index contributed by atoms with van der Waals surface area (Å²) >= 11 is 0. The maximum Gasteiger partial charge on any atom is 0.231 e. The normalized spacial score (nSPS) is 18.0. The van der Waals surface area contributed by atoms with Gasteiger partial charge < -0.3 is 14.2 Å². The highest BCUT2D eigenvalue weighted by Gasteiger charge is 2.29. The SMILES string of the molecule is CC1Oc2ccccc2C=C1/C=C1\Oc2cc(OCc3ccccc3F)ccc2C1=O. The van der Waals surface area contributed by atoms with Crippen LogP contribution in [0.3, 0.4) is 0 Å². The Morgan fingerprint density at radius 1 is 1.03 bits per heavy atom. The fourth-order valence-corrected chi connectivity index (χ4v) is 3.61. The van der Waals surface area contributed by atoms with Crippen LogP contribution in [0, 0.1) is 5.82 Å². The van der Waals surface area contributed by atoms with Crippen LogP contribution in [0.5, 0.6) is 17.2 Å². The summed E-state index contributed by atoms with van der Waals surface area (Å²) < 4.78 is 31.3. The summed E-state index contributed by atoms with van der Waals surface area (Å²) in [6.07, 6.45) is 3.52. The van der Waals surface area contributed by atoms with Gasteiger partial charge in [-0.2, -0.15) is 0 Å². The number of rotatable bonds is 4. The van der Waals surface area contributed by atoms with Crippen molar-refractivity contribution >= 4 is 11.9 Å². The Morgan fingerprint density at radius 3 is 2.71 bits per heavy atom. The number of Topliss-reactive ketones (excluding diaryl/α,β-unsaturated/α-hetero) is 1. The predicted octanol–water partition coefficient (Wildman–Crippen LogP) is 5.73. The second-order valence-electron chi connectivity index (χ2n) is 7.42. The van der Waals surface area contributed by atoms with Crippen LogP contribution in [0.25, 0.3) is 6.08 Å². The van der Waals surface area contributed by atoms with Crippen LogP contribution in [0.1, 0.15) is 28.4 Å². The number of carbonyl (C=O) groups excluding carboxylic acids is 1. The van der Waals surface area contributed by atoms with E-state index in [-0.39, 0.29) is 30.1 Å². The first-order valence-electron chi connectivity index (χ1n) is 10.0. The number of fused-ring (bicyclic) bond motifs is 2. The zero-order chi connectivity index (χ0) is 21.4. The molecule has 2 aliphatic heterocycles. The van der Waals surface area contributed by atoms with E-state index in [1.807, 2.05) is 37.3 Å². The van der Waals surface area contributed by atoms with Gasteiger partial charge in [0.05, 0.1) is 5.56 Å². The van der Waals surface area contributed by atoms with E-state index in [1.165, 1.54) is 6.07 Å². The van der Waals surface area contributed by atoms with E-state index in [0.717, 1.165) is 16.9 Å². The van der Waals surface area contributed by atoms with Crippen molar-refractivity contribution in [2.24, 2.45) is 0 Å². The van der Waals surface area contributed by atoms with Gasteiger partial charge in [-0.1, -0.05) is 36.4 Å². The number of hydrogen-bond acceptors (Lipinski definition) is 4. The largest absolute Gasteiger partial charge is 0.489 e. The number of allylic oxidation sites excluding steroid dienone is 1. The molecule has 0 radical (unpaired) electrons. The first-order chi connectivity index (χ1) is 15.1. The molecule has 0 amide bonds. The van der Waals surface area contributed by atoms with Crippen LogP contribution in [0.4, 0.5) is 4.39 Å². The molecule has 2 heterocycles. The van der Waals surface area contributed by atoms with E-state index in [9.17, 15) is 9.18 Å². The second-order valence-corrected chi connectivity index (χ2v) is 7.42. The highest BCUT2D eigenvalue weighted by atomic mass is 19.1. The van der Waals surface area contributed by atoms with Crippen LogP contribution < -0.4 is 14.2 Å². The zero-order valence-electron chi connectivity index (χ0n) is 16.8. The van der Waals surface area contributed by atoms with E-state index in [0.29, 0.717) is 22.6 Å². The molecular formula is C26H19FO4. The van der Waals surface area contributed by atoms with Crippen molar-refractivity contribution in [1.29, 1.82) is 0 Å².